The Bertz CT molecular complexity index is 350. The third-order valence-corrected chi connectivity index (χ3v) is 3.10. The molecule has 2 aliphatic rings. The van der Waals surface area contributed by atoms with Crippen molar-refractivity contribution in [2.45, 2.75) is 57.6 Å². The van der Waals surface area contributed by atoms with E-state index in [0.717, 1.165) is 0 Å². The molecule has 2 heterocycles. The second-order valence-electron chi connectivity index (χ2n) is 5.39. The quantitative estimate of drug-likeness (QED) is 0.785. The van der Waals surface area contributed by atoms with Crippen molar-refractivity contribution < 1.29 is 18.9 Å². The predicted molar refractivity (Wildman–Crippen MR) is 68.5 cm³/mol. The lowest BCUT2D eigenvalue weighted by Gasteiger charge is -2.22. The molecule has 0 N–H and O–H groups in total. The lowest BCUT2D eigenvalue weighted by Crippen LogP contribution is -2.37. The van der Waals surface area contributed by atoms with Crippen molar-refractivity contribution in [1.29, 1.82) is 0 Å². The zero-order chi connectivity index (χ0) is 13.6. The van der Waals surface area contributed by atoms with Gasteiger partial charge in [0.25, 0.3) is 0 Å². The Balaban J connectivity index is 2.12. The van der Waals surface area contributed by atoms with Crippen LogP contribution in [-0.2, 0) is 18.9 Å². The van der Waals surface area contributed by atoms with Crippen LogP contribution in [0.5, 0.6) is 0 Å². The third kappa shape index (κ3) is 3.38. The number of rotatable bonds is 2. The number of ether oxygens (including phenoxy) is 4. The van der Waals surface area contributed by atoms with Crippen LogP contribution in [0.2, 0.25) is 0 Å². The molecule has 2 aliphatic heterocycles. The van der Waals surface area contributed by atoms with E-state index in [2.05, 4.69) is 0 Å². The standard InChI is InChI=1S/C12H18Cl2O4/c1-11(2)15-6-8(17-11)10-7(5-9(13)14)16-12(3,4)18-10/h5,7-8,10H,6H2,1-4H3/t7-,8-,10+/m1/s1. The van der Waals surface area contributed by atoms with Crippen LogP contribution in [-0.4, -0.2) is 36.5 Å². The van der Waals surface area contributed by atoms with E-state index in [0.29, 0.717) is 6.61 Å². The molecule has 3 atom stereocenters. The molecule has 2 saturated heterocycles. The lowest BCUT2D eigenvalue weighted by molar-refractivity contribution is -0.174. The normalized spacial score (nSPS) is 37.8. The van der Waals surface area contributed by atoms with Gasteiger partial charge in [-0.1, -0.05) is 23.2 Å². The van der Waals surface area contributed by atoms with E-state index in [4.69, 9.17) is 42.1 Å². The van der Waals surface area contributed by atoms with Crippen LogP contribution in [0.25, 0.3) is 0 Å². The Labute approximate surface area is 117 Å². The fourth-order valence-corrected chi connectivity index (χ4v) is 2.48. The Morgan fingerprint density at radius 3 is 2.22 bits per heavy atom. The molecule has 104 valence electrons. The summed E-state index contributed by atoms with van der Waals surface area (Å²) in [6, 6.07) is 0. The van der Waals surface area contributed by atoms with Crippen LogP contribution in [0.15, 0.2) is 10.6 Å². The Morgan fingerprint density at radius 1 is 1.06 bits per heavy atom. The molecule has 4 nitrogen and oxygen atoms in total. The molecule has 0 spiro atoms. The molecule has 2 rings (SSSR count). The van der Waals surface area contributed by atoms with E-state index in [1.165, 1.54) is 0 Å². The third-order valence-electron chi connectivity index (χ3n) is 2.85. The van der Waals surface area contributed by atoms with Crippen LogP contribution in [0.1, 0.15) is 27.7 Å². The molecule has 18 heavy (non-hydrogen) atoms. The minimum atomic E-state index is -0.689. The average molecular weight is 297 g/mol. The van der Waals surface area contributed by atoms with Gasteiger partial charge in [0, 0.05) is 0 Å². The fraction of sp³-hybridized carbons (Fsp3) is 0.833. The van der Waals surface area contributed by atoms with Crippen molar-refractivity contribution in [2.24, 2.45) is 0 Å². The topological polar surface area (TPSA) is 36.9 Å². The van der Waals surface area contributed by atoms with E-state index < -0.39 is 11.6 Å². The monoisotopic (exact) mass is 296 g/mol. The molecule has 0 saturated carbocycles. The zero-order valence-electron chi connectivity index (χ0n) is 10.9. The lowest BCUT2D eigenvalue weighted by atomic mass is 10.1. The number of hydrogen-bond donors (Lipinski definition) is 0. The van der Waals surface area contributed by atoms with Gasteiger partial charge in [-0.25, -0.2) is 0 Å². The average Bonchev–Trinajstić information content (AvgIpc) is 2.65. The summed E-state index contributed by atoms with van der Waals surface area (Å²) in [6.45, 7) is 7.88. The molecule has 0 radical (unpaired) electrons. The molecular formula is C12H18Cl2O4. The van der Waals surface area contributed by atoms with E-state index in [1.54, 1.807) is 6.08 Å². The molecule has 0 aromatic rings. The molecule has 2 fully saturated rings. The highest BCUT2D eigenvalue weighted by molar-refractivity contribution is 6.55. The zero-order valence-corrected chi connectivity index (χ0v) is 12.4. The summed E-state index contributed by atoms with van der Waals surface area (Å²) < 4.78 is 23.1. The van der Waals surface area contributed by atoms with Gasteiger partial charge in [-0.05, 0) is 33.8 Å². The van der Waals surface area contributed by atoms with Gasteiger partial charge in [-0.15, -0.1) is 0 Å². The van der Waals surface area contributed by atoms with Crippen molar-refractivity contribution in [3.05, 3.63) is 10.6 Å². The molecule has 0 aliphatic carbocycles. The maximum Gasteiger partial charge on any atom is 0.164 e. The van der Waals surface area contributed by atoms with E-state index in [1.807, 2.05) is 27.7 Å². The van der Waals surface area contributed by atoms with Crippen molar-refractivity contribution >= 4 is 23.2 Å². The van der Waals surface area contributed by atoms with Crippen LogP contribution < -0.4 is 0 Å². The van der Waals surface area contributed by atoms with E-state index in [9.17, 15) is 0 Å². The minimum Gasteiger partial charge on any atom is -0.348 e. The van der Waals surface area contributed by atoms with Gasteiger partial charge in [0.2, 0.25) is 0 Å². The Kier molecular flexibility index (Phi) is 3.99. The summed E-state index contributed by atoms with van der Waals surface area (Å²) in [5.74, 6) is -1.29. The molecule has 6 heteroatoms. The fourth-order valence-electron chi connectivity index (χ4n) is 2.24. The summed E-state index contributed by atoms with van der Waals surface area (Å²) in [4.78, 5) is 0. The first-order chi connectivity index (χ1) is 8.19. The molecular weight excluding hydrogens is 279 g/mol. The molecule has 0 unspecified atom stereocenters. The van der Waals surface area contributed by atoms with Crippen molar-refractivity contribution in [1.82, 2.24) is 0 Å². The highest BCUT2D eigenvalue weighted by Gasteiger charge is 2.49. The Hall–Kier alpha value is 0.160. The van der Waals surface area contributed by atoms with E-state index >= 15 is 0 Å². The van der Waals surface area contributed by atoms with Crippen molar-refractivity contribution in [3.63, 3.8) is 0 Å². The minimum absolute atomic E-state index is 0.157. The first-order valence-corrected chi connectivity index (χ1v) is 6.64. The van der Waals surface area contributed by atoms with Crippen LogP contribution in [0.4, 0.5) is 0 Å². The van der Waals surface area contributed by atoms with Gasteiger partial charge < -0.3 is 18.9 Å². The van der Waals surface area contributed by atoms with Gasteiger partial charge in [0.15, 0.2) is 11.6 Å². The highest BCUT2D eigenvalue weighted by atomic mass is 35.5. The molecule has 0 aromatic heterocycles. The largest absolute Gasteiger partial charge is 0.348 e. The summed E-state index contributed by atoms with van der Waals surface area (Å²) >= 11 is 11.4. The smallest absolute Gasteiger partial charge is 0.164 e. The van der Waals surface area contributed by atoms with Crippen LogP contribution >= 0.6 is 23.2 Å². The molecule has 0 amide bonds. The maximum atomic E-state index is 5.85. The molecule has 0 aromatic carbocycles. The SMILES string of the molecule is CC1(C)O[C@H]([C@H]2COC(C)(C)O2)[C@@H](C=C(Cl)Cl)O1. The van der Waals surface area contributed by atoms with Gasteiger partial charge in [-0.2, -0.15) is 0 Å². The Morgan fingerprint density at radius 2 is 1.72 bits per heavy atom. The van der Waals surface area contributed by atoms with Gasteiger partial charge in [0.1, 0.15) is 22.8 Å². The van der Waals surface area contributed by atoms with Gasteiger partial charge >= 0.3 is 0 Å². The van der Waals surface area contributed by atoms with Gasteiger partial charge in [-0.3, -0.25) is 0 Å². The van der Waals surface area contributed by atoms with Crippen LogP contribution in [0, 0.1) is 0 Å². The highest BCUT2D eigenvalue weighted by Crippen LogP contribution is 2.36. The predicted octanol–water partition coefficient (Wildman–Crippen LogP) is 2.98. The van der Waals surface area contributed by atoms with Gasteiger partial charge in [0.05, 0.1) is 6.61 Å². The van der Waals surface area contributed by atoms with Crippen molar-refractivity contribution in [2.75, 3.05) is 6.61 Å². The molecule has 0 bridgehead atoms. The second-order valence-corrected chi connectivity index (χ2v) is 6.40. The summed E-state index contributed by atoms with van der Waals surface area (Å²) in [7, 11) is 0. The maximum absolute atomic E-state index is 5.85. The second kappa shape index (κ2) is 4.93. The van der Waals surface area contributed by atoms with Crippen LogP contribution in [0.3, 0.4) is 0 Å². The number of hydrogen-bond acceptors (Lipinski definition) is 4. The number of halogens is 2. The van der Waals surface area contributed by atoms with Crippen molar-refractivity contribution in [3.8, 4) is 0 Å². The summed E-state index contributed by atoms with van der Waals surface area (Å²) in [6.07, 6.45) is 0.800. The van der Waals surface area contributed by atoms with E-state index in [-0.39, 0.29) is 22.8 Å². The first kappa shape index (κ1) is 14.6. The first-order valence-electron chi connectivity index (χ1n) is 5.89. The summed E-state index contributed by atoms with van der Waals surface area (Å²) in [5.41, 5.74) is 0. The summed E-state index contributed by atoms with van der Waals surface area (Å²) in [5, 5.41) is 0.